The summed E-state index contributed by atoms with van der Waals surface area (Å²) in [5.74, 6) is 0. The Labute approximate surface area is 86.2 Å². The molecule has 0 radical (unpaired) electrons. The summed E-state index contributed by atoms with van der Waals surface area (Å²) < 4.78 is 0. The smallest absolute Gasteiger partial charge is 0.0461 e. The molecule has 3 nitrogen and oxygen atoms in total. The predicted octanol–water partition coefficient (Wildman–Crippen LogP) is 0.176. The van der Waals surface area contributed by atoms with Crippen molar-refractivity contribution in [3.63, 3.8) is 0 Å². The molecule has 3 aliphatic rings. The SMILES string of the molecule is C1CN(C2CCNCC2)C2(C1)CNC2. The summed E-state index contributed by atoms with van der Waals surface area (Å²) in [6.07, 6.45) is 5.58. The first-order valence-corrected chi connectivity index (χ1v) is 6.09. The van der Waals surface area contributed by atoms with Crippen molar-refractivity contribution in [2.45, 2.75) is 37.3 Å². The Hall–Kier alpha value is -0.120. The van der Waals surface area contributed by atoms with Crippen LogP contribution >= 0.6 is 0 Å². The van der Waals surface area contributed by atoms with Gasteiger partial charge in [0, 0.05) is 24.7 Å². The van der Waals surface area contributed by atoms with E-state index < -0.39 is 0 Å². The highest BCUT2D eigenvalue weighted by Crippen LogP contribution is 2.36. The summed E-state index contributed by atoms with van der Waals surface area (Å²) in [6, 6.07) is 0.876. The first-order chi connectivity index (χ1) is 6.91. The number of nitrogens with zero attached hydrogens (tertiary/aromatic N) is 1. The largest absolute Gasteiger partial charge is 0.317 e. The van der Waals surface area contributed by atoms with Crippen LogP contribution in [0.1, 0.15) is 25.7 Å². The van der Waals surface area contributed by atoms with Crippen LogP contribution in [0.25, 0.3) is 0 Å². The summed E-state index contributed by atoms with van der Waals surface area (Å²) in [5.41, 5.74) is 0.585. The van der Waals surface area contributed by atoms with Crippen molar-refractivity contribution in [3.8, 4) is 0 Å². The molecule has 14 heavy (non-hydrogen) atoms. The zero-order valence-corrected chi connectivity index (χ0v) is 8.89. The molecule has 0 bridgehead atoms. The molecule has 3 fully saturated rings. The van der Waals surface area contributed by atoms with Gasteiger partial charge < -0.3 is 10.6 Å². The molecule has 0 aromatic rings. The van der Waals surface area contributed by atoms with Crippen molar-refractivity contribution >= 4 is 0 Å². The number of hydrogen-bond donors (Lipinski definition) is 2. The predicted molar refractivity (Wildman–Crippen MR) is 57.4 cm³/mol. The molecule has 0 unspecified atom stereocenters. The third-order valence-corrected chi connectivity index (χ3v) is 4.31. The zero-order chi connectivity index (χ0) is 9.43. The van der Waals surface area contributed by atoms with Crippen LogP contribution in [-0.4, -0.2) is 49.2 Å². The van der Waals surface area contributed by atoms with E-state index in [9.17, 15) is 0 Å². The molecule has 3 heteroatoms. The molecular weight excluding hydrogens is 174 g/mol. The topological polar surface area (TPSA) is 27.3 Å². The molecule has 3 saturated heterocycles. The molecule has 3 aliphatic heterocycles. The Morgan fingerprint density at radius 1 is 1.07 bits per heavy atom. The maximum absolute atomic E-state index is 3.46. The average molecular weight is 195 g/mol. The zero-order valence-electron chi connectivity index (χ0n) is 8.89. The molecule has 1 spiro atoms. The normalized spacial score (nSPS) is 33.4. The summed E-state index contributed by atoms with van der Waals surface area (Å²) in [5, 5.41) is 6.91. The summed E-state index contributed by atoms with van der Waals surface area (Å²) in [6.45, 7) is 6.30. The average Bonchev–Trinajstić information content (AvgIpc) is 2.62. The fourth-order valence-corrected chi connectivity index (χ4v) is 3.44. The molecule has 0 amide bonds. The molecule has 3 rings (SSSR count). The van der Waals surface area contributed by atoms with E-state index in [-0.39, 0.29) is 0 Å². The Morgan fingerprint density at radius 3 is 2.50 bits per heavy atom. The van der Waals surface area contributed by atoms with Crippen LogP contribution in [-0.2, 0) is 0 Å². The molecule has 0 aromatic carbocycles. The maximum atomic E-state index is 3.46. The minimum absolute atomic E-state index is 0.585. The fourth-order valence-electron chi connectivity index (χ4n) is 3.44. The van der Waals surface area contributed by atoms with E-state index in [1.807, 2.05) is 0 Å². The van der Waals surface area contributed by atoms with Crippen LogP contribution < -0.4 is 10.6 Å². The highest BCUT2D eigenvalue weighted by molar-refractivity contribution is 5.07. The fraction of sp³-hybridized carbons (Fsp3) is 1.00. The lowest BCUT2D eigenvalue weighted by molar-refractivity contribution is 0.0282. The lowest BCUT2D eigenvalue weighted by Gasteiger charge is -2.50. The van der Waals surface area contributed by atoms with Gasteiger partial charge in [0.2, 0.25) is 0 Å². The second-order valence-corrected chi connectivity index (χ2v) is 5.11. The highest BCUT2D eigenvalue weighted by atomic mass is 15.3. The van der Waals surface area contributed by atoms with E-state index in [1.165, 1.54) is 58.4 Å². The van der Waals surface area contributed by atoms with E-state index >= 15 is 0 Å². The number of hydrogen-bond acceptors (Lipinski definition) is 3. The monoisotopic (exact) mass is 195 g/mol. The van der Waals surface area contributed by atoms with Gasteiger partial charge in [-0.05, 0) is 45.3 Å². The number of likely N-dealkylation sites (tertiary alicyclic amines) is 1. The van der Waals surface area contributed by atoms with Gasteiger partial charge in [-0.15, -0.1) is 0 Å². The Balaban J connectivity index is 1.70. The van der Waals surface area contributed by atoms with Crippen LogP contribution in [0.5, 0.6) is 0 Å². The van der Waals surface area contributed by atoms with E-state index in [0.29, 0.717) is 5.54 Å². The van der Waals surface area contributed by atoms with Gasteiger partial charge in [-0.3, -0.25) is 4.90 Å². The standard InChI is InChI=1S/C11H21N3/c1-4-11(8-13-9-11)14(7-1)10-2-5-12-6-3-10/h10,12-13H,1-9H2. The van der Waals surface area contributed by atoms with Gasteiger partial charge in [0.1, 0.15) is 0 Å². The van der Waals surface area contributed by atoms with E-state index in [2.05, 4.69) is 15.5 Å². The van der Waals surface area contributed by atoms with Crippen molar-refractivity contribution < 1.29 is 0 Å². The van der Waals surface area contributed by atoms with Gasteiger partial charge in [-0.2, -0.15) is 0 Å². The first-order valence-electron chi connectivity index (χ1n) is 6.09. The van der Waals surface area contributed by atoms with Crippen molar-refractivity contribution in [2.24, 2.45) is 0 Å². The first kappa shape index (κ1) is 9.13. The summed E-state index contributed by atoms with van der Waals surface area (Å²) in [7, 11) is 0. The maximum Gasteiger partial charge on any atom is 0.0461 e. The minimum atomic E-state index is 0.585. The Morgan fingerprint density at radius 2 is 1.86 bits per heavy atom. The van der Waals surface area contributed by atoms with Gasteiger partial charge in [0.25, 0.3) is 0 Å². The number of rotatable bonds is 1. The number of piperidine rings is 1. The molecule has 80 valence electrons. The van der Waals surface area contributed by atoms with E-state index in [0.717, 1.165) is 6.04 Å². The second kappa shape index (κ2) is 3.47. The molecular formula is C11H21N3. The van der Waals surface area contributed by atoms with Crippen molar-refractivity contribution in [3.05, 3.63) is 0 Å². The molecule has 2 N–H and O–H groups in total. The summed E-state index contributed by atoms with van der Waals surface area (Å²) in [4.78, 5) is 2.82. The van der Waals surface area contributed by atoms with Crippen LogP contribution in [0, 0.1) is 0 Å². The lowest BCUT2D eigenvalue weighted by Crippen LogP contribution is -2.68. The van der Waals surface area contributed by atoms with Crippen LogP contribution in [0.4, 0.5) is 0 Å². The van der Waals surface area contributed by atoms with Crippen LogP contribution in [0.15, 0.2) is 0 Å². The quantitative estimate of drug-likeness (QED) is 0.625. The Kier molecular flexibility index (Phi) is 2.26. The van der Waals surface area contributed by atoms with Crippen LogP contribution in [0.3, 0.4) is 0 Å². The van der Waals surface area contributed by atoms with Gasteiger partial charge in [0.15, 0.2) is 0 Å². The lowest BCUT2D eigenvalue weighted by atomic mass is 9.87. The van der Waals surface area contributed by atoms with Gasteiger partial charge in [-0.1, -0.05) is 0 Å². The van der Waals surface area contributed by atoms with Crippen LogP contribution in [0.2, 0.25) is 0 Å². The highest BCUT2D eigenvalue weighted by Gasteiger charge is 2.48. The summed E-state index contributed by atoms with van der Waals surface area (Å²) >= 11 is 0. The number of nitrogens with one attached hydrogen (secondary N) is 2. The molecule has 0 atom stereocenters. The van der Waals surface area contributed by atoms with Gasteiger partial charge in [-0.25, -0.2) is 0 Å². The Bertz CT molecular complexity index is 207. The molecule has 0 saturated carbocycles. The molecule has 0 aromatic heterocycles. The third-order valence-electron chi connectivity index (χ3n) is 4.31. The van der Waals surface area contributed by atoms with E-state index in [4.69, 9.17) is 0 Å². The van der Waals surface area contributed by atoms with Gasteiger partial charge >= 0.3 is 0 Å². The molecule has 0 aliphatic carbocycles. The van der Waals surface area contributed by atoms with Crippen molar-refractivity contribution in [2.75, 3.05) is 32.7 Å². The van der Waals surface area contributed by atoms with Crippen molar-refractivity contribution in [1.29, 1.82) is 0 Å². The third kappa shape index (κ3) is 1.30. The molecule has 3 heterocycles. The second-order valence-electron chi connectivity index (χ2n) is 5.11. The van der Waals surface area contributed by atoms with E-state index in [1.54, 1.807) is 0 Å². The van der Waals surface area contributed by atoms with Crippen molar-refractivity contribution in [1.82, 2.24) is 15.5 Å². The minimum Gasteiger partial charge on any atom is -0.317 e. The van der Waals surface area contributed by atoms with Gasteiger partial charge in [0.05, 0.1) is 0 Å².